The summed E-state index contributed by atoms with van der Waals surface area (Å²) in [6.45, 7) is 2.18. The predicted molar refractivity (Wildman–Crippen MR) is 70.3 cm³/mol. The molecular weight excluding hydrogens is 228 g/mol. The summed E-state index contributed by atoms with van der Waals surface area (Å²) in [4.78, 5) is 11.7. The van der Waals surface area contributed by atoms with Gasteiger partial charge in [0.05, 0.1) is 0 Å². The molecule has 0 aliphatic heterocycles. The summed E-state index contributed by atoms with van der Waals surface area (Å²) < 4.78 is 0. The molecule has 0 aromatic rings. The maximum Gasteiger partial charge on any atom is 0.336 e. The highest BCUT2D eigenvalue weighted by Gasteiger charge is 2.50. The van der Waals surface area contributed by atoms with Crippen molar-refractivity contribution in [1.82, 2.24) is 0 Å². The van der Waals surface area contributed by atoms with Crippen molar-refractivity contribution in [2.24, 2.45) is 17.8 Å². The molecule has 0 aromatic heterocycles. The van der Waals surface area contributed by atoms with Gasteiger partial charge in [-0.25, -0.2) is 4.79 Å². The fourth-order valence-corrected chi connectivity index (χ4v) is 4.06. The molecule has 0 heterocycles. The van der Waals surface area contributed by atoms with Crippen LogP contribution in [0.3, 0.4) is 0 Å². The molecule has 0 aromatic carbocycles. The lowest BCUT2D eigenvalue weighted by molar-refractivity contribution is -0.178. The van der Waals surface area contributed by atoms with Crippen LogP contribution in [-0.4, -0.2) is 21.8 Å². The summed E-state index contributed by atoms with van der Waals surface area (Å²) in [6, 6.07) is 0. The molecule has 3 atom stereocenters. The Labute approximate surface area is 110 Å². The van der Waals surface area contributed by atoms with Crippen LogP contribution in [0.5, 0.6) is 0 Å². The summed E-state index contributed by atoms with van der Waals surface area (Å²) in [7, 11) is 0. The topological polar surface area (TPSA) is 57.5 Å². The third kappa shape index (κ3) is 2.56. The maximum atomic E-state index is 11.7. The Kier molecular flexibility index (Phi) is 4.31. The average Bonchev–Trinajstić information content (AvgIpc) is 2.38. The minimum atomic E-state index is -1.46. The highest BCUT2D eigenvalue weighted by molar-refractivity contribution is 5.78. The zero-order valence-electron chi connectivity index (χ0n) is 11.4. The van der Waals surface area contributed by atoms with E-state index in [1.165, 1.54) is 12.8 Å². The van der Waals surface area contributed by atoms with Crippen LogP contribution < -0.4 is 0 Å². The summed E-state index contributed by atoms with van der Waals surface area (Å²) in [5.74, 6) is -0.493. The van der Waals surface area contributed by atoms with Crippen LogP contribution in [0.1, 0.15) is 64.7 Å². The normalized spacial score (nSPS) is 33.9. The predicted octanol–water partition coefficient (Wildman–Crippen LogP) is 3.21. The van der Waals surface area contributed by atoms with Crippen molar-refractivity contribution in [3.05, 3.63) is 0 Å². The molecule has 2 rings (SSSR count). The number of hydrogen-bond donors (Lipinski definition) is 2. The fourth-order valence-electron chi connectivity index (χ4n) is 4.06. The molecule has 18 heavy (non-hydrogen) atoms. The molecule has 3 heteroatoms. The van der Waals surface area contributed by atoms with Gasteiger partial charge in [-0.2, -0.15) is 0 Å². The van der Waals surface area contributed by atoms with E-state index < -0.39 is 11.6 Å². The van der Waals surface area contributed by atoms with Crippen LogP contribution in [-0.2, 0) is 4.79 Å². The van der Waals surface area contributed by atoms with E-state index in [4.69, 9.17) is 0 Å². The van der Waals surface area contributed by atoms with E-state index in [1.54, 1.807) is 0 Å². The molecule has 2 N–H and O–H groups in total. The molecule has 3 nitrogen and oxygen atoms in total. The molecule has 0 radical (unpaired) electrons. The van der Waals surface area contributed by atoms with Crippen LogP contribution in [0.2, 0.25) is 0 Å². The lowest BCUT2D eigenvalue weighted by Gasteiger charge is -2.43. The van der Waals surface area contributed by atoms with Crippen LogP contribution in [0.25, 0.3) is 0 Å². The number of carbonyl (C=O) groups is 1. The molecule has 2 aliphatic carbocycles. The molecule has 2 aliphatic rings. The van der Waals surface area contributed by atoms with E-state index in [2.05, 4.69) is 6.92 Å². The van der Waals surface area contributed by atoms with E-state index in [0.29, 0.717) is 5.92 Å². The van der Waals surface area contributed by atoms with E-state index >= 15 is 0 Å². The van der Waals surface area contributed by atoms with Gasteiger partial charge in [0.1, 0.15) is 0 Å². The van der Waals surface area contributed by atoms with E-state index in [-0.39, 0.29) is 11.8 Å². The third-order valence-electron chi connectivity index (χ3n) is 5.13. The quantitative estimate of drug-likeness (QED) is 0.813. The van der Waals surface area contributed by atoms with Gasteiger partial charge < -0.3 is 10.2 Å². The molecular formula is C15H26O3. The van der Waals surface area contributed by atoms with Gasteiger partial charge in [-0.05, 0) is 43.4 Å². The Morgan fingerprint density at radius 1 is 1.00 bits per heavy atom. The third-order valence-corrected chi connectivity index (χ3v) is 5.13. The highest BCUT2D eigenvalue weighted by Crippen LogP contribution is 2.44. The first kappa shape index (κ1) is 13.9. The van der Waals surface area contributed by atoms with Crippen molar-refractivity contribution in [3.63, 3.8) is 0 Å². The van der Waals surface area contributed by atoms with Gasteiger partial charge in [-0.3, -0.25) is 0 Å². The molecule has 104 valence electrons. The van der Waals surface area contributed by atoms with Gasteiger partial charge in [0.2, 0.25) is 0 Å². The van der Waals surface area contributed by atoms with Gasteiger partial charge in [0, 0.05) is 0 Å². The number of carboxylic acids is 1. The monoisotopic (exact) mass is 254 g/mol. The zero-order valence-corrected chi connectivity index (χ0v) is 11.4. The fraction of sp³-hybridized carbons (Fsp3) is 0.933. The SMILES string of the molecule is C[C@H]1CCC[C@@H]([C@](O)(C(=O)O)C2CCCCC2)C1. The largest absolute Gasteiger partial charge is 0.479 e. The second kappa shape index (κ2) is 5.60. The van der Waals surface area contributed by atoms with Crippen molar-refractivity contribution in [2.75, 3.05) is 0 Å². The van der Waals surface area contributed by atoms with E-state index in [0.717, 1.165) is 44.9 Å². The Hall–Kier alpha value is -0.570. The van der Waals surface area contributed by atoms with Gasteiger partial charge in [-0.1, -0.05) is 39.0 Å². The minimum Gasteiger partial charge on any atom is -0.479 e. The Morgan fingerprint density at radius 2 is 1.61 bits per heavy atom. The molecule has 2 saturated carbocycles. The number of carboxylic acid groups (broad SMARTS) is 1. The standard InChI is InChI=1S/C15H26O3/c1-11-6-5-9-13(10-11)15(18,14(16)17)12-7-3-2-4-8-12/h11-13,18H,2-10H2,1H3,(H,16,17)/t11-,13+,15-/m0/s1. The van der Waals surface area contributed by atoms with Crippen molar-refractivity contribution in [2.45, 2.75) is 70.3 Å². The summed E-state index contributed by atoms with van der Waals surface area (Å²) in [5.41, 5.74) is -1.46. The van der Waals surface area contributed by atoms with Gasteiger partial charge in [-0.15, -0.1) is 0 Å². The van der Waals surface area contributed by atoms with Crippen LogP contribution >= 0.6 is 0 Å². The van der Waals surface area contributed by atoms with Gasteiger partial charge in [0.25, 0.3) is 0 Å². The lowest BCUT2D eigenvalue weighted by atomic mass is 9.65. The summed E-state index contributed by atoms with van der Waals surface area (Å²) in [5, 5.41) is 20.4. The van der Waals surface area contributed by atoms with Gasteiger partial charge in [0.15, 0.2) is 5.60 Å². The van der Waals surface area contributed by atoms with Crippen molar-refractivity contribution >= 4 is 5.97 Å². The van der Waals surface area contributed by atoms with E-state index in [1.807, 2.05) is 0 Å². The van der Waals surface area contributed by atoms with Crippen LogP contribution in [0, 0.1) is 17.8 Å². The molecule has 0 saturated heterocycles. The van der Waals surface area contributed by atoms with Gasteiger partial charge >= 0.3 is 5.97 Å². The number of aliphatic carboxylic acids is 1. The Bertz CT molecular complexity index is 296. The van der Waals surface area contributed by atoms with Crippen LogP contribution in [0.4, 0.5) is 0 Å². The second-order valence-corrected chi connectivity index (χ2v) is 6.43. The van der Waals surface area contributed by atoms with E-state index in [9.17, 15) is 15.0 Å². The van der Waals surface area contributed by atoms with Crippen molar-refractivity contribution in [3.8, 4) is 0 Å². The second-order valence-electron chi connectivity index (χ2n) is 6.43. The molecule has 0 unspecified atom stereocenters. The molecule has 2 fully saturated rings. The lowest BCUT2D eigenvalue weighted by Crippen LogP contribution is -2.53. The molecule has 0 bridgehead atoms. The molecule has 0 spiro atoms. The number of hydrogen-bond acceptors (Lipinski definition) is 2. The Morgan fingerprint density at radius 3 is 2.17 bits per heavy atom. The number of aliphatic hydroxyl groups is 1. The smallest absolute Gasteiger partial charge is 0.336 e. The summed E-state index contributed by atoms with van der Waals surface area (Å²) >= 11 is 0. The average molecular weight is 254 g/mol. The van der Waals surface area contributed by atoms with Crippen molar-refractivity contribution < 1.29 is 15.0 Å². The first-order chi connectivity index (χ1) is 8.55. The zero-order chi connectivity index (χ0) is 13.2. The number of rotatable bonds is 3. The van der Waals surface area contributed by atoms with Crippen LogP contribution in [0.15, 0.2) is 0 Å². The van der Waals surface area contributed by atoms with Crippen molar-refractivity contribution in [1.29, 1.82) is 0 Å². The maximum absolute atomic E-state index is 11.7. The summed E-state index contributed by atoms with van der Waals surface area (Å²) in [6.07, 6.45) is 9.09. The Balaban J connectivity index is 2.16. The first-order valence-electron chi connectivity index (χ1n) is 7.51. The molecule has 0 amide bonds. The first-order valence-corrected chi connectivity index (χ1v) is 7.51. The highest BCUT2D eigenvalue weighted by atomic mass is 16.4. The minimum absolute atomic E-state index is 0.0287.